The first-order valence-electron chi connectivity index (χ1n) is 5.72. The minimum atomic E-state index is -0.533. The van der Waals surface area contributed by atoms with E-state index in [1.807, 2.05) is 12.1 Å². The third kappa shape index (κ3) is 2.90. The quantitative estimate of drug-likeness (QED) is 0.824. The molecule has 0 radical (unpaired) electrons. The molecule has 0 fully saturated rings. The first-order chi connectivity index (χ1) is 9.22. The van der Waals surface area contributed by atoms with Gasteiger partial charge in [-0.05, 0) is 24.3 Å². The van der Waals surface area contributed by atoms with Crippen LogP contribution in [0.5, 0.6) is 5.75 Å². The molecule has 0 N–H and O–H groups in total. The Balaban J connectivity index is 2.18. The summed E-state index contributed by atoms with van der Waals surface area (Å²) in [5, 5.41) is 9.01. The maximum atomic E-state index is 12.0. The van der Waals surface area contributed by atoms with Gasteiger partial charge in [0.2, 0.25) is 0 Å². The van der Waals surface area contributed by atoms with Crippen molar-refractivity contribution in [1.82, 2.24) is 0 Å². The molecule has 2 aromatic rings. The van der Waals surface area contributed by atoms with E-state index in [1.165, 1.54) is 4.90 Å². The molecule has 1 amide bonds. The Labute approximate surface area is 111 Å². The van der Waals surface area contributed by atoms with E-state index in [0.29, 0.717) is 17.0 Å². The second kappa shape index (κ2) is 5.69. The molecule has 19 heavy (non-hydrogen) atoms. The molecule has 0 spiro atoms. The van der Waals surface area contributed by atoms with Crippen molar-refractivity contribution in [2.24, 2.45) is 0 Å². The third-order valence-electron chi connectivity index (χ3n) is 2.61. The maximum absolute atomic E-state index is 12.0. The maximum Gasteiger partial charge on any atom is 0.419 e. The van der Waals surface area contributed by atoms with E-state index in [4.69, 9.17) is 10.00 Å². The predicted octanol–water partition coefficient (Wildman–Crippen LogP) is 3.19. The van der Waals surface area contributed by atoms with Crippen molar-refractivity contribution in [3.63, 3.8) is 0 Å². The normalized spacial score (nSPS) is 9.47. The van der Waals surface area contributed by atoms with Gasteiger partial charge in [0.1, 0.15) is 11.8 Å². The molecule has 2 aromatic carbocycles. The standard InChI is InChI=1S/C15H12N2O2/c1-17(14-10-6-5-7-12(14)11-16)15(18)19-13-8-3-2-4-9-13/h2-10H,1H3. The molecule has 0 aliphatic heterocycles. The van der Waals surface area contributed by atoms with E-state index in [0.717, 1.165) is 0 Å². The summed E-state index contributed by atoms with van der Waals surface area (Å²) in [4.78, 5) is 13.3. The van der Waals surface area contributed by atoms with Crippen molar-refractivity contribution in [2.75, 3.05) is 11.9 Å². The molecule has 0 heterocycles. The second-order valence-electron chi connectivity index (χ2n) is 3.87. The van der Waals surface area contributed by atoms with Crippen molar-refractivity contribution in [3.05, 3.63) is 60.2 Å². The summed E-state index contributed by atoms with van der Waals surface area (Å²) in [7, 11) is 1.57. The highest BCUT2D eigenvalue weighted by atomic mass is 16.6. The van der Waals surface area contributed by atoms with E-state index >= 15 is 0 Å². The van der Waals surface area contributed by atoms with Crippen molar-refractivity contribution >= 4 is 11.8 Å². The Kier molecular flexibility index (Phi) is 3.79. The molecule has 0 atom stereocenters. The van der Waals surface area contributed by atoms with E-state index in [2.05, 4.69) is 0 Å². The number of para-hydroxylation sites is 2. The van der Waals surface area contributed by atoms with Crippen LogP contribution in [0.2, 0.25) is 0 Å². The Hall–Kier alpha value is -2.80. The van der Waals surface area contributed by atoms with Crippen LogP contribution >= 0.6 is 0 Å². The van der Waals surface area contributed by atoms with Crippen molar-refractivity contribution < 1.29 is 9.53 Å². The van der Waals surface area contributed by atoms with Gasteiger partial charge in [-0.15, -0.1) is 0 Å². The number of benzene rings is 2. The van der Waals surface area contributed by atoms with Crippen LogP contribution in [-0.2, 0) is 0 Å². The van der Waals surface area contributed by atoms with Crippen LogP contribution in [0.3, 0.4) is 0 Å². The van der Waals surface area contributed by atoms with Gasteiger partial charge in [-0.3, -0.25) is 4.90 Å². The Morgan fingerprint density at radius 3 is 2.42 bits per heavy atom. The van der Waals surface area contributed by atoms with Crippen LogP contribution in [-0.4, -0.2) is 13.1 Å². The first kappa shape index (κ1) is 12.7. The lowest BCUT2D eigenvalue weighted by Gasteiger charge is -2.17. The van der Waals surface area contributed by atoms with E-state index in [9.17, 15) is 4.79 Å². The molecule has 0 unspecified atom stereocenters. The average Bonchev–Trinajstić information content (AvgIpc) is 2.47. The molecule has 0 saturated carbocycles. The highest BCUT2D eigenvalue weighted by Crippen LogP contribution is 2.19. The van der Waals surface area contributed by atoms with Crippen LogP contribution in [0.4, 0.5) is 10.5 Å². The summed E-state index contributed by atoms with van der Waals surface area (Å²) in [6, 6.07) is 17.7. The topological polar surface area (TPSA) is 53.3 Å². The van der Waals surface area contributed by atoms with Gasteiger partial charge in [0.05, 0.1) is 11.3 Å². The van der Waals surface area contributed by atoms with Crippen molar-refractivity contribution in [1.29, 1.82) is 5.26 Å². The highest BCUT2D eigenvalue weighted by Gasteiger charge is 2.15. The fourth-order valence-electron chi connectivity index (χ4n) is 1.62. The van der Waals surface area contributed by atoms with Gasteiger partial charge in [-0.1, -0.05) is 30.3 Å². The van der Waals surface area contributed by atoms with Crippen LogP contribution in [0.25, 0.3) is 0 Å². The molecule has 94 valence electrons. The number of amides is 1. The predicted molar refractivity (Wildman–Crippen MR) is 72.0 cm³/mol. The number of nitriles is 1. The van der Waals surface area contributed by atoms with Gasteiger partial charge in [0.25, 0.3) is 0 Å². The van der Waals surface area contributed by atoms with E-state index in [1.54, 1.807) is 55.6 Å². The molecule has 2 rings (SSSR count). The van der Waals surface area contributed by atoms with Gasteiger partial charge in [0.15, 0.2) is 0 Å². The summed E-state index contributed by atoms with van der Waals surface area (Å²) in [5.41, 5.74) is 0.945. The van der Waals surface area contributed by atoms with E-state index in [-0.39, 0.29) is 0 Å². The summed E-state index contributed by atoms with van der Waals surface area (Å²) >= 11 is 0. The monoisotopic (exact) mass is 252 g/mol. The number of ether oxygens (including phenoxy) is 1. The Morgan fingerprint density at radius 1 is 1.11 bits per heavy atom. The fraction of sp³-hybridized carbons (Fsp3) is 0.0667. The molecule has 4 nitrogen and oxygen atoms in total. The lowest BCUT2D eigenvalue weighted by molar-refractivity contribution is 0.209. The number of hydrogen-bond acceptors (Lipinski definition) is 3. The van der Waals surface area contributed by atoms with Gasteiger partial charge >= 0.3 is 6.09 Å². The van der Waals surface area contributed by atoms with Gasteiger partial charge in [-0.25, -0.2) is 4.79 Å². The third-order valence-corrected chi connectivity index (χ3v) is 2.61. The number of hydrogen-bond donors (Lipinski definition) is 0. The fourth-order valence-corrected chi connectivity index (χ4v) is 1.62. The van der Waals surface area contributed by atoms with Crippen LogP contribution < -0.4 is 9.64 Å². The summed E-state index contributed by atoms with van der Waals surface area (Å²) in [5.74, 6) is 0.466. The summed E-state index contributed by atoms with van der Waals surface area (Å²) < 4.78 is 5.21. The molecule has 0 aliphatic rings. The molecule has 0 aromatic heterocycles. The van der Waals surface area contributed by atoms with Gasteiger partial charge in [0, 0.05) is 7.05 Å². The molecular weight excluding hydrogens is 240 g/mol. The van der Waals surface area contributed by atoms with Crippen LogP contribution in [0.1, 0.15) is 5.56 Å². The lowest BCUT2D eigenvalue weighted by atomic mass is 10.2. The summed E-state index contributed by atoms with van der Waals surface area (Å²) in [6.45, 7) is 0. The first-order valence-corrected chi connectivity index (χ1v) is 5.72. The number of rotatable bonds is 2. The number of anilines is 1. The zero-order valence-corrected chi connectivity index (χ0v) is 10.4. The molecular formula is C15H12N2O2. The smallest absolute Gasteiger partial charge is 0.410 e. The molecule has 0 bridgehead atoms. The number of carbonyl (C=O) groups excluding carboxylic acids is 1. The molecule has 4 heteroatoms. The van der Waals surface area contributed by atoms with Gasteiger partial charge in [-0.2, -0.15) is 5.26 Å². The molecule has 0 saturated heterocycles. The number of nitrogens with zero attached hydrogens (tertiary/aromatic N) is 2. The molecule has 0 aliphatic carbocycles. The zero-order chi connectivity index (χ0) is 13.7. The Morgan fingerprint density at radius 2 is 1.74 bits per heavy atom. The highest BCUT2D eigenvalue weighted by molar-refractivity contribution is 5.90. The van der Waals surface area contributed by atoms with Crippen LogP contribution in [0, 0.1) is 11.3 Å². The average molecular weight is 252 g/mol. The van der Waals surface area contributed by atoms with Crippen molar-refractivity contribution in [3.8, 4) is 11.8 Å². The Bertz CT molecular complexity index is 618. The van der Waals surface area contributed by atoms with E-state index < -0.39 is 6.09 Å². The van der Waals surface area contributed by atoms with Crippen LogP contribution in [0.15, 0.2) is 54.6 Å². The minimum absolute atomic E-state index is 0.426. The second-order valence-corrected chi connectivity index (χ2v) is 3.87. The lowest BCUT2D eigenvalue weighted by Crippen LogP contribution is -2.30. The minimum Gasteiger partial charge on any atom is -0.410 e. The largest absolute Gasteiger partial charge is 0.419 e. The number of carbonyl (C=O) groups is 1. The van der Waals surface area contributed by atoms with Crippen molar-refractivity contribution in [2.45, 2.75) is 0 Å². The van der Waals surface area contributed by atoms with Gasteiger partial charge < -0.3 is 4.74 Å². The SMILES string of the molecule is CN(C(=O)Oc1ccccc1)c1ccccc1C#N. The summed E-state index contributed by atoms with van der Waals surface area (Å²) in [6.07, 6.45) is -0.533. The zero-order valence-electron chi connectivity index (χ0n) is 10.4.